The van der Waals surface area contributed by atoms with Crippen LogP contribution >= 0.6 is 0 Å². The maximum atomic E-state index is 12.4. The average Bonchev–Trinajstić information content (AvgIpc) is 3.13. The number of carbonyl (C=O) groups excluding carboxylic acids is 1. The van der Waals surface area contributed by atoms with Gasteiger partial charge in [0.05, 0.1) is 24.2 Å². The first-order chi connectivity index (χ1) is 14.5. The SMILES string of the molecule is CCOc1ccc(NC(=O)CN2CCC(c3nc4cc(C)c(C)cc4[nH]3)CC2)cc1. The van der Waals surface area contributed by atoms with Crippen LogP contribution in [0.5, 0.6) is 5.75 Å². The number of aromatic nitrogens is 2. The number of benzene rings is 2. The molecule has 0 bridgehead atoms. The van der Waals surface area contributed by atoms with Gasteiger partial charge in [0, 0.05) is 11.6 Å². The van der Waals surface area contributed by atoms with Gasteiger partial charge in [0.25, 0.3) is 0 Å². The summed E-state index contributed by atoms with van der Waals surface area (Å²) in [6.45, 7) is 9.06. The molecule has 1 aliphatic heterocycles. The number of hydrogen-bond acceptors (Lipinski definition) is 4. The lowest BCUT2D eigenvalue weighted by molar-refractivity contribution is -0.117. The standard InChI is InChI=1S/C24H30N4O2/c1-4-30-20-7-5-19(6-8-20)25-23(29)15-28-11-9-18(10-12-28)24-26-21-13-16(2)17(3)14-22(21)27-24/h5-8,13-14,18H,4,9-12,15H2,1-3H3,(H,25,29)(H,26,27). The van der Waals surface area contributed by atoms with E-state index in [0.29, 0.717) is 19.1 Å². The number of imidazole rings is 1. The summed E-state index contributed by atoms with van der Waals surface area (Å²) in [5, 5.41) is 2.98. The molecule has 6 heteroatoms. The minimum Gasteiger partial charge on any atom is -0.494 e. The molecule has 0 aliphatic carbocycles. The topological polar surface area (TPSA) is 70.2 Å². The van der Waals surface area contributed by atoms with Gasteiger partial charge in [-0.3, -0.25) is 9.69 Å². The first-order valence-electron chi connectivity index (χ1n) is 10.7. The fraction of sp³-hybridized carbons (Fsp3) is 0.417. The highest BCUT2D eigenvalue weighted by Crippen LogP contribution is 2.28. The summed E-state index contributed by atoms with van der Waals surface area (Å²) in [6, 6.07) is 11.8. The van der Waals surface area contributed by atoms with E-state index in [1.165, 1.54) is 11.1 Å². The van der Waals surface area contributed by atoms with E-state index in [9.17, 15) is 4.79 Å². The van der Waals surface area contributed by atoms with Gasteiger partial charge >= 0.3 is 0 Å². The number of hydrogen-bond donors (Lipinski definition) is 2. The van der Waals surface area contributed by atoms with Crippen molar-refractivity contribution >= 4 is 22.6 Å². The van der Waals surface area contributed by atoms with Crippen LogP contribution in [0.1, 0.15) is 42.6 Å². The van der Waals surface area contributed by atoms with Crippen molar-refractivity contribution in [1.82, 2.24) is 14.9 Å². The van der Waals surface area contributed by atoms with Crippen molar-refractivity contribution in [2.45, 2.75) is 39.5 Å². The van der Waals surface area contributed by atoms with E-state index < -0.39 is 0 Å². The van der Waals surface area contributed by atoms with E-state index in [1.807, 2.05) is 31.2 Å². The van der Waals surface area contributed by atoms with Crippen LogP contribution in [0, 0.1) is 13.8 Å². The Labute approximate surface area is 177 Å². The number of ether oxygens (including phenoxy) is 1. The first-order valence-corrected chi connectivity index (χ1v) is 10.7. The molecule has 0 unspecified atom stereocenters. The van der Waals surface area contributed by atoms with E-state index in [2.05, 4.69) is 41.2 Å². The Morgan fingerprint density at radius 3 is 2.57 bits per heavy atom. The first kappa shape index (κ1) is 20.4. The summed E-state index contributed by atoms with van der Waals surface area (Å²) in [6.07, 6.45) is 2.02. The van der Waals surface area contributed by atoms with Crippen molar-refractivity contribution in [3.63, 3.8) is 0 Å². The molecule has 0 atom stereocenters. The van der Waals surface area contributed by atoms with Crippen LogP contribution < -0.4 is 10.1 Å². The van der Waals surface area contributed by atoms with Crippen LogP contribution in [0.2, 0.25) is 0 Å². The Balaban J connectivity index is 1.29. The molecule has 1 amide bonds. The van der Waals surface area contributed by atoms with Crippen molar-refractivity contribution in [2.75, 3.05) is 31.6 Å². The second kappa shape index (κ2) is 8.88. The number of anilines is 1. The number of nitrogens with one attached hydrogen (secondary N) is 2. The van der Waals surface area contributed by atoms with Gasteiger partial charge in [-0.1, -0.05) is 0 Å². The lowest BCUT2D eigenvalue weighted by Crippen LogP contribution is -2.38. The zero-order valence-corrected chi connectivity index (χ0v) is 18.0. The second-order valence-corrected chi connectivity index (χ2v) is 8.13. The van der Waals surface area contributed by atoms with Gasteiger partial charge in [0.2, 0.25) is 5.91 Å². The summed E-state index contributed by atoms with van der Waals surface area (Å²) >= 11 is 0. The number of aryl methyl sites for hydroxylation is 2. The highest BCUT2D eigenvalue weighted by Gasteiger charge is 2.24. The fourth-order valence-corrected chi connectivity index (χ4v) is 4.05. The molecule has 3 aromatic rings. The van der Waals surface area contributed by atoms with Gasteiger partial charge in [0.1, 0.15) is 11.6 Å². The number of fused-ring (bicyclic) bond motifs is 1. The molecule has 1 aliphatic rings. The number of rotatable bonds is 6. The predicted octanol–water partition coefficient (Wildman–Crippen LogP) is 4.40. The van der Waals surface area contributed by atoms with E-state index in [4.69, 9.17) is 9.72 Å². The summed E-state index contributed by atoms with van der Waals surface area (Å²) in [5.41, 5.74) is 5.52. The molecule has 1 saturated heterocycles. The third-order valence-electron chi connectivity index (χ3n) is 5.91. The summed E-state index contributed by atoms with van der Waals surface area (Å²) in [7, 11) is 0. The lowest BCUT2D eigenvalue weighted by Gasteiger charge is -2.30. The third-order valence-corrected chi connectivity index (χ3v) is 5.91. The van der Waals surface area contributed by atoms with Gasteiger partial charge in [-0.25, -0.2) is 4.98 Å². The predicted molar refractivity (Wildman–Crippen MR) is 120 cm³/mol. The van der Waals surface area contributed by atoms with E-state index in [0.717, 1.165) is 54.2 Å². The number of amides is 1. The molecule has 2 heterocycles. The molecule has 158 valence electrons. The molecular weight excluding hydrogens is 376 g/mol. The molecule has 0 saturated carbocycles. The van der Waals surface area contributed by atoms with Crippen LogP contribution in [0.15, 0.2) is 36.4 Å². The lowest BCUT2D eigenvalue weighted by atomic mass is 9.96. The molecule has 30 heavy (non-hydrogen) atoms. The van der Waals surface area contributed by atoms with E-state index in [-0.39, 0.29) is 5.91 Å². The zero-order chi connectivity index (χ0) is 21.1. The fourth-order valence-electron chi connectivity index (χ4n) is 4.05. The number of carbonyl (C=O) groups is 1. The van der Waals surface area contributed by atoms with Crippen molar-refractivity contribution < 1.29 is 9.53 Å². The molecule has 0 spiro atoms. The van der Waals surface area contributed by atoms with Crippen LogP contribution in [-0.4, -0.2) is 47.0 Å². The largest absolute Gasteiger partial charge is 0.494 e. The highest BCUT2D eigenvalue weighted by molar-refractivity contribution is 5.92. The van der Waals surface area contributed by atoms with Gasteiger partial charge in [-0.05, 0) is 94.2 Å². The van der Waals surface area contributed by atoms with Gasteiger partial charge < -0.3 is 15.0 Å². The summed E-state index contributed by atoms with van der Waals surface area (Å²) < 4.78 is 5.44. The smallest absolute Gasteiger partial charge is 0.238 e. The minimum atomic E-state index is 0.0206. The Kier molecular flexibility index (Phi) is 6.04. The molecule has 4 rings (SSSR count). The van der Waals surface area contributed by atoms with Crippen LogP contribution in [-0.2, 0) is 4.79 Å². The van der Waals surface area contributed by atoms with Crippen molar-refractivity contribution in [3.05, 3.63) is 53.3 Å². The molecule has 2 aromatic carbocycles. The quantitative estimate of drug-likeness (QED) is 0.637. The van der Waals surface area contributed by atoms with Crippen LogP contribution in [0.4, 0.5) is 5.69 Å². The molecule has 6 nitrogen and oxygen atoms in total. The normalized spacial score (nSPS) is 15.4. The molecule has 0 radical (unpaired) electrons. The number of nitrogens with zero attached hydrogens (tertiary/aromatic N) is 2. The number of H-pyrrole nitrogens is 1. The number of aromatic amines is 1. The summed E-state index contributed by atoms with van der Waals surface area (Å²) in [4.78, 5) is 23.0. The zero-order valence-electron chi connectivity index (χ0n) is 18.0. The van der Waals surface area contributed by atoms with E-state index >= 15 is 0 Å². The Morgan fingerprint density at radius 2 is 1.87 bits per heavy atom. The number of likely N-dealkylation sites (tertiary alicyclic amines) is 1. The van der Waals surface area contributed by atoms with Crippen molar-refractivity contribution in [1.29, 1.82) is 0 Å². The molecular formula is C24H30N4O2. The van der Waals surface area contributed by atoms with Gasteiger partial charge in [-0.2, -0.15) is 0 Å². The Bertz CT molecular complexity index is 979. The van der Waals surface area contributed by atoms with Crippen molar-refractivity contribution in [2.24, 2.45) is 0 Å². The molecule has 1 aromatic heterocycles. The summed E-state index contributed by atoms with van der Waals surface area (Å²) in [5.74, 6) is 2.33. The maximum Gasteiger partial charge on any atom is 0.238 e. The van der Waals surface area contributed by atoms with Crippen LogP contribution in [0.25, 0.3) is 11.0 Å². The number of piperidine rings is 1. The maximum absolute atomic E-state index is 12.4. The Morgan fingerprint density at radius 1 is 1.17 bits per heavy atom. The van der Waals surface area contributed by atoms with Crippen molar-refractivity contribution in [3.8, 4) is 5.75 Å². The average molecular weight is 407 g/mol. The highest BCUT2D eigenvalue weighted by atomic mass is 16.5. The second-order valence-electron chi connectivity index (χ2n) is 8.13. The Hall–Kier alpha value is -2.86. The monoisotopic (exact) mass is 406 g/mol. The van der Waals surface area contributed by atoms with Gasteiger partial charge in [-0.15, -0.1) is 0 Å². The van der Waals surface area contributed by atoms with Gasteiger partial charge in [0.15, 0.2) is 0 Å². The molecule has 1 fully saturated rings. The van der Waals surface area contributed by atoms with E-state index in [1.54, 1.807) is 0 Å². The van der Waals surface area contributed by atoms with Crippen LogP contribution in [0.3, 0.4) is 0 Å². The minimum absolute atomic E-state index is 0.0206. The molecule has 2 N–H and O–H groups in total. The third kappa shape index (κ3) is 4.65.